The largest absolute Gasteiger partial charge is 0.348 e. The zero-order valence-electron chi connectivity index (χ0n) is 17.5. The first-order valence-electron chi connectivity index (χ1n) is 9.68. The molecule has 166 valence electrons. The molecule has 0 bridgehead atoms. The Morgan fingerprint density at radius 3 is 2.31 bits per heavy atom. The average molecular weight is 456 g/mol. The van der Waals surface area contributed by atoms with Crippen molar-refractivity contribution in [1.82, 2.24) is 5.32 Å². The van der Waals surface area contributed by atoms with Crippen molar-refractivity contribution in [3.8, 4) is 0 Å². The van der Waals surface area contributed by atoms with Gasteiger partial charge in [0.15, 0.2) is 0 Å². The summed E-state index contributed by atoms with van der Waals surface area (Å²) in [5.74, 6) is -1.18. The maximum Gasteiger partial charge on any atom is 0.261 e. The minimum absolute atomic E-state index is 0.172. The van der Waals surface area contributed by atoms with Gasteiger partial charge in [0.1, 0.15) is 5.82 Å². The van der Waals surface area contributed by atoms with Gasteiger partial charge < -0.3 is 10.6 Å². The van der Waals surface area contributed by atoms with E-state index in [2.05, 4.69) is 15.4 Å². The van der Waals surface area contributed by atoms with Crippen LogP contribution in [0.3, 0.4) is 0 Å². The van der Waals surface area contributed by atoms with E-state index in [1.54, 1.807) is 43.3 Å². The Balaban J connectivity index is 1.66. The van der Waals surface area contributed by atoms with Crippen LogP contribution >= 0.6 is 0 Å². The number of aryl methyl sites for hydroxylation is 1. The molecule has 2 amide bonds. The van der Waals surface area contributed by atoms with Crippen LogP contribution in [-0.2, 0) is 21.4 Å². The summed E-state index contributed by atoms with van der Waals surface area (Å²) in [4.78, 5) is 23.4. The zero-order chi connectivity index (χ0) is 23.3. The lowest BCUT2D eigenvalue weighted by Crippen LogP contribution is -2.23. The van der Waals surface area contributed by atoms with E-state index in [-0.39, 0.29) is 28.6 Å². The molecule has 0 radical (unpaired) electrons. The molecule has 0 aliphatic heterocycles. The molecule has 0 fully saturated rings. The van der Waals surface area contributed by atoms with Crippen molar-refractivity contribution in [2.75, 3.05) is 10.0 Å². The Morgan fingerprint density at radius 2 is 1.66 bits per heavy atom. The highest BCUT2D eigenvalue weighted by Crippen LogP contribution is 2.19. The molecule has 3 N–H and O–H groups in total. The fourth-order valence-electron chi connectivity index (χ4n) is 2.87. The van der Waals surface area contributed by atoms with E-state index in [9.17, 15) is 22.4 Å². The van der Waals surface area contributed by atoms with Crippen molar-refractivity contribution in [2.45, 2.75) is 25.3 Å². The Labute approximate surface area is 185 Å². The van der Waals surface area contributed by atoms with Gasteiger partial charge in [-0.3, -0.25) is 14.3 Å². The van der Waals surface area contributed by atoms with Gasteiger partial charge in [0.25, 0.3) is 15.9 Å². The zero-order valence-corrected chi connectivity index (χ0v) is 18.3. The Morgan fingerprint density at radius 1 is 0.938 bits per heavy atom. The molecule has 0 saturated carbocycles. The van der Waals surface area contributed by atoms with Crippen molar-refractivity contribution in [3.05, 3.63) is 89.2 Å². The SMILES string of the molecule is CC(=O)Nc1ccc(CNC(=O)c2cccc(NS(=O)(=O)c3ccc(C)c(F)c3)c2)cc1. The molecule has 32 heavy (non-hydrogen) atoms. The summed E-state index contributed by atoms with van der Waals surface area (Å²) in [6, 6.07) is 16.7. The number of carbonyl (C=O) groups excluding carboxylic acids is 2. The van der Waals surface area contributed by atoms with Crippen molar-refractivity contribution in [2.24, 2.45) is 0 Å². The third kappa shape index (κ3) is 5.92. The highest BCUT2D eigenvalue weighted by molar-refractivity contribution is 7.92. The lowest BCUT2D eigenvalue weighted by molar-refractivity contribution is -0.114. The summed E-state index contributed by atoms with van der Waals surface area (Å²) in [6.07, 6.45) is 0. The summed E-state index contributed by atoms with van der Waals surface area (Å²) in [7, 11) is -4.01. The smallest absolute Gasteiger partial charge is 0.261 e. The molecule has 0 aliphatic rings. The average Bonchev–Trinajstić information content (AvgIpc) is 2.74. The van der Waals surface area contributed by atoms with Crippen LogP contribution < -0.4 is 15.4 Å². The standard InChI is InChI=1S/C23H22FN3O4S/c1-15-6-11-21(13-22(15)24)32(30,31)27-20-5-3-4-18(12-20)23(29)25-14-17-7-9-19(10-8-17)26-16(2)28/h3-13,27H,14H2,1-2H3,(H,25,29)(H,26,28). The second-order valence-electron chi connectivity index (χ2n) is 7.16. The van der Waals surface area contributed by atoms with Gasteiger partial charge in [0.2, 0.25) is 5.91 Å². The van der Waals surface area contributed by atoms with Crippen molar-refractivity contribution in [1.29, 1.82) is 0 Å². The van der Waals surface area contributed by atoms with Crippen LogP contribution in [0.25, 0.3) is 0 Å². The van der Waals surface area contributed by atoms with E-state index < -0.39 is 21.7 Å². The summed E-state index contributed by atoms with van der Waals surface area (Å²) in [5, 5.41) is 5.42. The first kappa shape index (κ1) is 23.0. The van der Waals surface area contributed by atoms with E-state index in [0.29, 0.717) is 11.3 Å². The molecular formula is C23H22FN3O4S. The molecule has 0 saturated heterocycles. The monoisotopic (exact) mass is 455 g/mol. The predicted molar refractivity (Wildman–Crippen MR) is 120 cm³/mol. The molecule has 7 nitrogen and oxygen atoms in total. The van der Waals surface area contributed by atoms with Crippen molar-refractivity contribution >= 4 is 33.2 Å². The van der Waals surface area contributed by atoms with Gasteiger partial charge in [-0.15, -0.1) is 0 Å². The first-order chi connectivity index (χ1) is 15.1. The van der Waals surface area contributed by atoms with Crippen LogP contribution in [0.2, 0.25) is 0 Å². The molecular weight excluding hydrogens is 433 g/mol. The molecule has 3 rings (SSSR count). The number of rotatable bonds is 7. The Bertz CT molecular complexity index is 1260. The predicted octanol–water partition coefficient (Wildman–Crippen LogP) is 3.82. The highest BCUT2D eigenvalue weighted by Gasteiger charge is 2.16. The van der Waals surface area contributed by atoms with Gasteiger partial charge in [0, 0.05) is 30.4 Å². The number of anilines is 2. The minimum atomic E-state index is -4.01. The second kappa shape index (κ2) is 9.61. The Kier molecular flexibility index (Phi) is 6.89. The number of benzene rings is 3. The maximum atomic E-state index is 13.8. The fraction of sp³-hybridized carbons (Fsp3) is 0.130. The van der Waals surface area contributed by atoms with Crippen LogP contribution in [0.4, 0.5) is 15.8 Å². The van der Waals surface area contributed by atoms with Gasteiger partial charge in [0.05, 0.1) is 4.90 Å². The topological polar surface area (TPSA) is 104 Å². The van der Waals surface area contributed by atoms with E-state index in [1.807, 2.05) is 0 Å². The summed E-state index contributed by atoms with van der Waals surface area (Å²) in [6.45, 7) is 3.21. The van der Waals surface area contributed by atoms with Gasteiger partial charge in [-0.05, 0) is 60.5 Å². The number of halogens is 1. The number of sulfonamides is 1. The van der Waals surface area contributed by atoms with Gasteiger partial charge >= 0.3 is 0 Å². The van der Waals surface area contributed by atoms with Crippen LogP contribution in [-0.4, -0.2) is 20.2 Å². The lowest BCUT2D eigenvalue weighted by atomic mass is 10.1. The molecule has 0 heterocycles. The van der Waals surface area contributed by atoms with E-state index in [0.717, 1.165) is 11.6 Å². The van der Waals surface area contributed by atoms with Gasteiger partial charge in [-0.2, -0.15) is 0 Å². The Hall–Kier alpha value is -3.72. The molecule has 0 aromatic heterocycles. The van der Waals surface area contributed by atoms with Gasteiger partial charge in [-0.1, -0.05) is 24.3 Å². The third-order valence-corrected chi connectivity index (χ3v) is 5.94. The second-order valence-corrected chi connectivity index (χ2v) is 8.84. The molecule has 0 aliphatic carbocycles. The number of nitrogens with one attached hydrogen (secondary N) is 3. The summed E-state index contributed by atoms with van der Waals surface area (Å²) >= 11 is 0. The van der Waals surface area contributed by atoms with Crippen LogP contribution in [0.5, 0.6) is 0 Å². The number of hydrogen-bond donors (Lipinski definition) is 3. The molecule has 0 unspecified atom stereocenters. The first-order valence-corrected chi connectivity index (χ1v) is 11.2. The molecule has 3 aromatic rings. The van der Waals surface area contributed by atoms with Crippen LogP contribution in [0.15, 0.2) is 71.6 Å². The molecule has 3 aromatic carbocycles. The third-order valence-electron chi connectivity index (χ3n) is 4.56. The van der Waals surface area contributed by atoms with Crippen LogP contribution in [0, 0.1) is 12.7 Å². The molecule has 0 spiro atoms. The van der Waals surface area contributed by atoms with Crippen molar-refractivity contribution in [3.63, 3.8) is 0 Å². The van der Waals surface area contributed by atoms with E-state index in [1.165, 1.54) is 31.2 Å². The van der Waals surface area contributed by atoms with Gasteiger partial charge in [-0.25, -0.2) is 12.8 Å². The number of hydrogen-bond acceptors (Lipinski definition) is 4. The quantitative estimate of drug-likeness (QED) is 0.504. The lowest BCUT2D eigenvalue weighted by Gasteiger charge is -2.11. The fourth-order valence-corrected chi connectivity index (χ4v) is 3.93. The summed E-state index contributed by atoms with van der Waals surface area (Å²) < 4.78 is 41.2. The van der Waals surface area contributed by atoms with E-state index >= 15 is 0 Å². The molecule has 0 atom stereocenters. The number of carbonyl (C=O) groups is 2. The minimum Gasteiger partial charge on any atom is -0.348 e. The molecule has 9 heteroatoms. The number of amides is 2. The summed E-state index contributed by atoms with van der Waals surface area (Å²) in [5.41, 5.74) is 2.26. The van der Waals surface area contributed by atoms with Crippen molar-refractivity contribution < 1.29 is 22.4 Å². The van der Waals surface area contributed by atoms with E-state index in [4.69, 9.17) is 0 Å². The maximum absolute atomic E-state index is 13.8. The van der Waals surface area contributed by atoms with Crippen LogP contribution in [0.1, 0.15) is 28.4 Å². The highest BCUT2D eigenvalue weighted by atomic mass is 32.2. The normalized spacial score (nSPS) is 11.0.